The molecule has 1 aliphatic carbocycles. The fraction of sp³-hybridized carbons (Fsp3) is 1.00. The molecule has 2 atom stereocenters. The highest BCUT2D eigenvalue weighted by Crippen LogP contribution is 2.25. The van der Waals surface area contributed by atoms with E-state index in [-0.39, 0.29) is 0 Å². The van der Waals surface area contributed by atoms with Gasteiger partial charge in [-0.15, -0.1) is 0 Å². The van der Waals surface area contributed by atoms with Gasteiger partial charge in [0.1, 0.15) is 0 Å². The molecule has 2 nitrogen and oxygen atoms in total. The molecular formula is C8H17NO. The first-order valence-corrected chi connectivity index (χ1v) is 4.26. The van der Waals surface area contributed by atoms with E-state index >= 15 is 0 Å². The van der Waals surface area contributed by atoms with E-state index in [0.717, 1.165) is 18.8 Å². The quantitative estimate of drug-likeness (QED) is 0.579. The predicted molar refractivity (Wildman–Crippen MR) is 41.0 cm³/mol. The first-order valence-electron chi connectivity index (χ1n) is 4.26. The standard InChI is InChI=1S/C8H17NO/c1-2-7-4-3-5-8(6-7)9-10/h7-10H,2-6H2,1H3. The van der Waals surface area contributed by atoms with Crippen molar-refractivity contribution in [2.24, 2.45) is 5.92 Å². The Bertz CT molecular complexity index is 85.3. The molecule has 0 aromatic heterocycles. The summed E-state index contributed by atoms with van der Waals surface area (Å²) in [4.78, 5) is 0. The molecule has 2 N–H and O–H groups in total. The van der Waals surface area contributed by atoms with Crippen molar-refractivity contribution >= 4 is 0 Å². The normalized spacial score (nSPS) is 34.2. The minimum absolute atomic E-state index is 0.374. The van der Waals surface area contributed by atoms with Crippen molar-refractivity contribution in [3.8, 4) is 0 Å². The maximum atomic E-state index is 8.65. The van der Waals surface area contributed by atoms with Gasteiger partial charge < -0.3 is 5.21 Å². The SMILES string of the molecule is CCC1CCCC(NO)C1. The van der Waals surface area contributed by atoms with E-state index in [2.05, 4.69) is 12.4 Å². The molecule has 1 saturated carbocycles. The minimum Gasteiger partial charge on any atom is -0.317 e. The summed E-state index contributed by atoms with van der Waals surface area (Å²) in [5.74, 6) is 0.846. The number of hydroxylamine groups is 1. The smallest absolute Gasteiger partial charge is 0.0322 e. The van der Waals surface area contributed by atoms with Gasteiger partial charge in [0.15, 0.2) is 0 Å². The molecular weight excluding hydrogens is 126 g/mol. The molecule has 10 heavy (non-hydrogen) atoms. The molecule has 0 bridgehead atoms. The lowest BCUT2D eigenvalue weighted by Gasteiger charge is -2.26. The van der Waals surface area contributed by atoms with Gasteiger partial charge in [0.05, 0.1) is 0 Å². The lowest BCUT2D eigenvalue weighted by molar-refractivity contribution is 0.0923. The minimum atomic E-state index is 0.374. The van der Waals surface area contributed by atoms with Crippen molar-refractivity contribution in [3.63, 3.8) is 0 Å². The Morgan fingerprint density at radius 2 is 2.30 bits per heavy atom. The Hall–Kier alpha value is -0.0800. The summed E-state index contributed by atoms with van der Waals surface area (Å²) in [6.07, 6.45) is 6.20. The molecule has 0 aromatic carbocycles. The number of nitrogens with one attached hydrogen (secondary N) is 1. The maximum Gasteiger partial charge on any atom is 0.0322 e. The molecule has 1 rings (SSSR count). The molecule has 60 valence electrons. The second-order valence-corrected chi connectivity index (χ2v) is 3.27. The Morgan fingerprint density at radius 1 is 1.50 bits per heavy atom. The van der Waals surface area contributed by atoms with E-state index in [4.69, 9.17) is 5.21 Å². The Labute approximate surface area is 62.6 Å². The average Bonchev–Trinajstić information content (AvgIpc) is 2.05. The van der Waals surface area contributed by atoms with Gasteiger partial charge in [0.25, 0.3) is 0 Å². The molecule has 0 spiro atoms. The molecule has 1 aliphatic rings. The van der Waals surface area contributed by atoms with Gasteiger partial charge in [-0.3, -0.25) is 0 Å². The number of rotatable bonds is 2. The predicted octanol–water partition coefficient (Wildman–Crippen LogP) is 1.93. The van der Waals surface area contributed by atoms with E-state index in [1.165, 1.54) is 19.3 Å². The molecule has 0 amide bonds. The zero-order chi connectivity index (χ0) is 7.40. The molecule has 2 unspecified atom stereocenters. The third-order valence-electron chi connectivity index (χ3n) is 2.54. The monoisotopic (exact) mass is 143 g/mol. The Kier molecular flexibility index (Phi) is 3.16. The summed E-state index contributed by atoms with van der Waals surface area (Å²) in [6.45, 7) is 2.23. The van der Waals surface area contributed by atoms with Crippen LogP contribution in [0.1, 0.15) is 39.0 Å². The van der Waals surface area contributed by atoms with Gasteiger partial charge in [-0.1, -0.05) is 26.2 Å². The lowest BCUT2D eigenvalue weighted by Crippen LogP contribution is -2.31. The highest BCUT2D eigenvalue weighted by Gasteiger charge is 2.19. The van der Waals surface area contributed by atoms with E-state index in [0.29, 0.717) is 6.04 Å². The van der Waals surface area contributed by atoms with Crippen LogP contribution >= 0.6 is 0 Å². The fourth-order valence-corrected chi connectivity index (χ4v) is 1.78. The number of hydrogen-bond donors (Lipinski definition) is 2. The van der Waals surface area contributed by atoms with E-state index in [9.17, 15) is 0 Å². The zero-order valence-electron chi connectivity index (χ0n) is 6.64. The topological polar surface area (TPSA) is 32.3 Å². The maximum absolute atomic E-state index is 8.65. The fourth-order valence-electron chi connectivity index (χ4n) is 1.78. The van der Waals surface area contributed by atoms with Gasteiger partial charge in [-0.2, -0.15) is 0 Å². The second kappa shape index (κ2) is 3.94. The first-order chi connectivity index (χ1) is 4.86. The van der Waals surface area contributed by atoms with Gasteiger partial charge >= 0.3 is 0 Å². The van der Waals surface area contributed by atoms with Crippen LogP contribution in [0, 0.1) is 5.92 Å². The zero-order valence-corrected chi connectivity index (χ0v) is 6.64. The largest absolute Gasteiger partial charge is 0.317 e. The third kappa shape index (κ3) is 1.96. The summed E-state index contributed by atoms with van der Waals surface area (Å²) in [6, 6.07) is 0.374. The molecule has 1 fully saturated rings. The van der Waals surface area contributed by atoms with Gasteiger partial charge in [0, 0.05) is 6.04 Å². The molecule has 0 radical (unpaired) electrons. The summed E-state index contributed by atoms with van der Waals surface area (Å²) < 4.78 is 0. The molecule has 0 heterocycles. The van der Waals surface area contributed by atoms with Crippen molar-refractivity contribution in [1.29, 1.82) is 0 Å². The van der Waals surface area contributed by atoms with Crippen molar-refractivity contribution in [2.75, 3.05) is 0 Å². The van der Waals surface area contributed by atoms with Gasteiger partial charge in [0.2, 0.25) is 0 Å². The number of hydrogen-bond acceptors (Lipinski definition) is 2. The van der Waals surface area contributed by atoms with Crippen LogP contribution in [0.15, 0.2) is 0 Å². The van der Waals surface area contributed by atoms with Crippen LogP contribution in [0.25, 0.3) is 0 Å². The third-order valence-corrected chi connectivity index (χ3v) is 2.54. The van der Waals surface area contributed by atoms with Gasteiger partial charge in [-0.25, -0.2) is 5.48 Å². The summed E-state index contributed by atoms with van der Waals surface area (Å²) >= 11 is 0. The average molecular weight is 143 g/mol. The van der Waals surface area contributed by atoms with Crippen LogP contribution in [0.4, 0.5) is 0 Å². The highest BCUT2D eigenvalue weighted by atomic mass is 16.5. The molecule has 0 aliphatic heterocycles. The van der Waals surface area contributed by atoms with Crippen molar-refractivity contribution in [3.05, 3.63) is 0 Å². The van der Waals surface area contributed by atoms with Crippen LogP contribution in [0.5, 0.6) is 0 Å². The van der Waals surface area contributed by atoms with Gasteiger partial charge in [-0.05, 0) is 18.8 Å². The summed E-state index contributed by atoms with van der Waals surface area (Å²) in [5.41, 5.74) is 2.37. The van der Waals surface area contributed by atoms with Crippen molar-refractivity contribution in [2.45, 2.75) is 45.1 Å². The second-order valence-electron chi connectivity index (χ2n) is 3.27. The van der Waals surface area contributed by atoms with Crippen LogP contribution in [-0.2, 0) is 0 Å². The van der Waals surface area contributed by atoms with E-state index in [1.807, 2.05) is 0 Å². The Morgan fingerprint density at radius 3 is 2.90 bits per heavy atom. The van der Waals surface area contributed by atoms with Crippen LogP contribution < -0.4 is 5.48 Å². The molecule has 0 saturated heterocycles. The van der Waals surface area contributed by atoms with Crippen LogP contribution in [0.3, 0.4) is 0 Å². The van der Waals surface area contributed by atoms with Crippen molar-refractivity contribution < 1.29 is 5.21 Å². The van der Waals surface area contributed by atoms with Crippen LogP contribution in [-0.4, -0.2) is 11.2 Å². The molecule has 0 aromatic rings. The highest BCUT2D eigenvalue weighted by molar-refractivity contribution is 4.74. The lowest BCUT2D eigenvalue weighted by atomic mass is 9.85. The Balaban J connectivity index is 2.25. The first kappa shape index (κ1) is 8.02. The summed E-state index contributed by atoms with van der Waals surface area (Å²) in [5, 5.41) is 8.65. The van der Waals surface area contributed by atoms with Crippen LogP contribution in [0.2, 0.25) is 0 Å². The van der Waals surface area contributed by atoms with Crippen molar-refractivity contribution in [1.82, 2.24) is 5.48 Å². The summed E-state index contributed by atoms with van der Waals surface area (Å²) in [7, 11) is 0. The molecule has 2 heteroatoms. The van der Waals surface area contributed by atoms with E-state index < -0.39 is 0 Å². The van der Waals surface area contributed by atoms with E-state index in [1.54, 1.807) is 0 Å².